The fraction of sp³-hybridized carbons (Fsp3) is 0.222. The number of rotatable bonds is 3. The van der Waals surface area contributed by atoms with Crippen molar-refractivity contribution in [2.45, 2.75) is 17.6 Å². The smallest absolute Gasteiger partial charge is 0.344 e. The molecule has 1 amide bonds. The van der Waals surface area contributed by atoms with Crippen molar-refractivity contribution in [3.8, 4) is 0 Å². The van der Waals surface area contributed by atoms with Crippen LogP contribution in [0.3, 0.4) is 0 Å². The summed E-state index contributed by atoms with van der Waals surface area (Å²) in [6.45, 7) is -0.822. The monoisotopic (exact) mass is 319 g/mol. The molecule has 0 aliphatic carbocycles. The van der Waals surface area contributed by atoms with Crippen molar-refractivity contribution in [2.75, 3.05) is 0 Å². The lowest BCUT2D eigenvalue weighted by atomic mass is 10.2. The van der Waals surface area contributed by atoms with E-state index >= 15 is 0 Å². The van der Waals surface area contributed by atoms with Gasteiger partial charge in [0.05, 0.1) is 4.90 Å². The summed E-state index contributed by atoms with van der Waals surface area (Å²) in [5, 5.41) is 1.42. The molecular formula is C9H6ClF4NO3S. The van der Waals surface area contributed by atoms with Crippen molar-refractivity contribution >= 4 is 25.6 Å². The van der Waals surface area contributed by atoms with Gasteiger partial charge >= 0.3 is 12.1 Å². The minimum Gasteiger partial charge on any atom is -0.344 e. The Kier molecular flexibility index (Phi) is 4.41. The molecule has 0 saturated carbocycles. The first-order chi connectivity index (χ1) is 8.51. The van der Waals surface area contributed by atoms with Crippen LogP contribution in [0.1, 0.15) is 5.56 Å². The minimum atomic E-state index is -5.12. The van der Waals surface area contributed by atoms with Crippen LogP contribution in [0.25, 0.3) is 0 Å². The van der Waals surface area contributed by atoms with Crippen molar-refractivity contribution in [1.82, 2.24) is 5.32 Å². The van der Waals surface area contributed by atoms with Gasteiger partial charge in [-0.3, -0.25) is 4.79 Å². The molecule has 1 N–H and O–H groups in total. The number of benzene rings is 1. The van der Waals surface area contributed by atoms with Gasteiger partial charge in [0.1, 0.15) is 5.82 Å². The average Bonchev–Trinajstić information content (AvgIpc) is 2.22. The predicted molar refractivity (Wildman–Crippen MR) is 57.3 cm³/mol. The third kappa shape index (κ3) is 4.35. The Morgan fingerprint density at radius 2 is 1.89 bits per heavy atom. The van der Waals surface area contributed by atoms with E-state index in [2.05, 4.69) is 0 Å². The van der Waals surface area contributed by atoms with Gasteiger partial charge in [-0.05, 0) is 23.8 Å². The summed E-state index contributed by atoms with van der Waals surface area (Å²) in [6.07, 6.45) is -5.12. The molecular weight excluding hydrogens is 314 g/mol. The van der Waals surface area contributed by atoms with Crippen LogP contribution in [-0.4, -0.2) is 20.5 Å². The molecule has 0 radical (unpaired) electrons. The first-order valence-electron chi connectivity index (χ1n) is 4.60. The Bertz CT molecular complexity index is 600. The van der Waals surface area contributed by atoms with E-state index in [1.165, 1.54) is 5.32 Å². The third-order valence-corrected chi connectivity index (χ3v) is 3.40. The van der Waals surface area contributed by atoms with E-state index in [1.807, 2.05) is 0 Å². The molecule has 0 aliphatic rings. The SMILES string of the molecule is O=C(NCc1cc(F)ccc1S(=O)(=O)Cl)C(F)(F)F. The zero-order chi connectivity index (χ0) is 14.8. The second-order valence-electron chi connectivity index (χ2n) is 3.37. The highest BCUT2D eigenvalue weighted by molar-refractivity contribution is 8.13. The number of halogens is 5. The van der Waals surface area contributed by atoms with Crippen LogP contribution in [0.4, 0.5) is 17.6 Å². The Labute approximate surface area is 109 Å². The lowest BCUT2D eigenvalue weighted by Crippen LogP contribution is -2.36. The first-order valence-corrected chi connectivity index (χ1v) is 6.91. The summed E-state index contributed by atoms with van der Waals surface area (Å²) in [4.78, 5) is 10.0. The number of amides is 1. The molecule has 0 fully saturated rings. The lowest BCUT2D eigenvalue weighted by Gasteiger charge is -2.10. The summed E-state index contributed by atoms with van der Waals surface area (Å²) in [5.41, 5.74) is -0.382. The zero-order valence-corrected chi connectivity index (χ0v) is 10.5. The van der Waals surface area contributed by atoms with Crippen LogP contribution in [0, 0.1) is 5.82 Å². The number of hydrogen-bond donors (Lipinski definition) is 1. The maximum Gasteiger partial charge on any atom is 0.471 e. The molecule has 106 valence electrons. The maximum absolute atomic E-state index is 12.9. The molecule has 1 aromatic carbocycles. The summed E-state index contributed by atoms with van der Waals surface area (Å²) in [5.74, 6) is -3.14. The molecule has 4 nitrogen and oxygen atoms in total. The number of nitrogens with one attached hydrogen (secondary N) is 1. The van der Waals surface area contributed by atoms with E-state index in [4.69, 9.17) is 10.7 Å². The molecule has 0 aromatic heterocycles. The molecule has 10 heteroatoms. The second kappa shape index (κ2) is 5.33. The van der Waals surface area contributed by atoms with Crippen molar-refractivity contribution in [1.29, 1.82) is 0 Å². The standard InChI is InChI=1S/C9H6ClF4NO3S/c10-19(17,18)7-2-1-6(11)3-5(7)4-15-8(16)9(12,13)14/h1-3H,4H2,(H,15,16). The normalized spacial score (nSPS) is 12.3. The Morgan fingerprint density at radius 1 is 1.32 bits per heavy atom. The van der Waals surface area contributed by atoms with E-state index in [-0.39, 0.29) is 5.56 Å². The van der Waals surface area contributed by atoms with E-state index in [1.54, 1.807) is 0 Å². The highest BCUT2D eigenvalue weighted by Crippen LogP contribution is 2.21. The van der Waals surface area contributed by atoms with Gasteiger partial charge in [-0.1, -0.05) is 0 Å². The minimum absolute atomic E-state index is 0.382. The number of hydrogen-bond acceptors (Lipinski definition) is 3. The van der Waals surface area contributed by atoms with Crippen LogP contribution in [0.2, 0.25) is 0 Å². The highest BCUT2D eigenvalue weighted by Gasteiger charge is 2.38. The number of alkyl halides is 3. The zero-order valence-electron chi connectivity index (χ0n) is 8.96. The highest BCUT2D eigenvalue weighted by atomic mass is 35.7. The van der Waals surface area contributed by atoms with Crippen molar-refractivity contribution in [2.24, 2.45) is 0 Å². The maximum atomic E-state index is 12.9. The third-order valence-electron chi connectivity index (χ3n) is 1.98. The Morgan fingerprint density at radius 3 is 2.37 bits per heavy atom. The number of carbonyl (C=O) groups excluding carboxylic acids is 1. The van der Waals surface area contributed by atoms with Gasteiger partial charge in [-0.2, -0.15) is 13.2 Å². The topological polar surface area (TPSA) is 63.2 Å². The van der Waals surface area contributed by atoms with E-state index in [0.717, 1.165) is 12.1 Å². The molecule has 0 heterocycles. The van der Waals surface area contributed by atoms with Crippen molar-refractivity contribution in [3.63, 3.8) is 0 Å². The number of carbonyl (C=O) groups is 1. The lowest BCUT2D eigenvalue weighted by molar-refractivity contribution is -0.173. The van der Waals surface area contributed by atoms with Gasteiger partial charge in [0.15, 0.2) is 0 Å². The summed E-state index contributed by atoms with van der Waals surface area (Å²) in [7, 11) is 0.776. The molecule has 0 unspecified atom stereocenters. The largest absolute Gasteiger partial charge is 0.471 e. The fourth-order valence-corrected chi connectivity index (χ4v) is 2.33. The molecule has 0 atom stereocenters. The van der Waals surface area contributed by atoms with Crippen molar-refractivity contribution in [3.05, 3.63) is 29.6 Å². The van der Waals surface area contributed by atoms with Gasteiger partial charge in [-0.25, -0.2) is 12.8 Å². The molecule has 0 bridgehead atoms. The molecule has 1 aromatic rings. The van der Waals surface area contributed by atoms with Crippen LogP contribution in [0.15, 0.2) is 23.1 Å². The van der Waals surface area contributed by atoms with Crippen molar-refractivity contribution < 1.29 is 30.8 Å². The molecule has 0 spiro atoms. The molecule has 19 heavy (non-hydrogen) atoms. The Balaban J connectivity index is 3.02. The predicted octanol–water partition coefficient (Wildman–Crippen LogP) is 1.93. The van der Waals surface area contributed by atoms with Crippen LogP contribution < -0.4 is 5.32 Å². The van der Waals surface area contributed by atoms with Gasteiger partial charge < -0.3 is 5.32 Å². The first kappa shape index (κ1) is 15.7. The van der Waals surface area contributed by atoms with E-state index in [0.29, 0.717) is 6.07 Å². The van der Waals surface area contributed by atoms with Gasteiger partial charge in [0.2, 0.25) is 0 Å². The molecule has 0 saturated heterocycles. The van der Waals surface area contributed by atoms with Gasteiger partial charge in [-0.15, -0.1) is 0 Å². The van der Waals surface area contributed by atoms with E-state index < -0.39 is 38.4 Å². The quantitative estimate of drug-likeness (QED) is 0.684. The Hall–Kier alpha value is -1.35. The summed E-state index contributed by atoms with van der Waals surface area (Å²) >= 11 is 0. The van der Waals surface area contributed by atoms with Gasteiger partial charge in [0.25, 0.3) is 9.05 Å². The summed E-state index contributed by atoms with van der Waals surface area (Å²) in [6, 6.07) is 2.25. The average molecular weight is 320 g/mol. The second-order valence-corrected chi connectivity index (χ2v) is 5.90. The summed E-state index contributed by atoms with van der Waals surface area (Å²) < 4.78 is 71.0. The van der Waals surface area contributed by atoms with Crippen LogP contribution in [0.5, 0.6) is 0 Å². The van der Waals surface area contributed by atoms with E-state index in [9.17, 15) is 30.8 Å². The molecule has 1 rings (SSSR count). The van der Waals surface area contributed by atoms with Gasteiger partial charge in [0, 0.05) is 17.2 Å². The van der Waals surface area contributed by atoms with Crippen LogP contribution >= 0.6 is 10.7 Å². The van der Waals surface area contributed by atoms with Crippen LogP contribution in [-0.2, 0) is 20.4 Å². The molecule has 0 aliphatic heterocycles. The fourth-order valence-electron chi connectivity index (χ4n) is 1.20.